The van der Waals surface area contributed by atoms with Crippen molar-refractivity contribution in [2.75, 3.05) is 22.9 Å². The van der Waals surface area contributed by atoms with Crippen LogP contribution in [0.2, 0.25) is 0 Å². The Kier molecular flexibility index (Phi) is 8.28. The van der Waals surface area contributed by atoms with Crippen LogP contribution in [0.1, 0.15) is 24.7 Å². The lowest BCUT2D eigenvalue weighted by Crippen LogP contribution is -2.26. The van der Waals surface area contributed by atoms with E-state index in [1.807, 2.05) is 31.2 Å². The molecule has 3 rings (SSSR count). The summed E-state index contributed by atoms with van der Waals surface area (Å²) in [5.74, 6) is -0.617. The fraction of sp³-hybridized carbons (Fsp3) is 0.227. The number of nitrogen functional groups attached to an aromatic ring is 1. The zero-order valence-electron chi connectivity index (χ0n) is 19.1. The van der Waals surface area contributed by atoms with Crippen molar-refractivity contribution in [1.82, 2.24) is 19.7 Å². The Labute approximate surface area is 202 Å². The average molecular weight is 500 g/mol. The Morgan fingerprint density at radius 3 is 2.43 bits per heavy atom. The average Bonchev–Trinajstić information content (AvgIpc) is 2.79. The number of nitrogens with zero attached hydrogens (tertiary/aromatic N) is 3. The third kappa shape index (κ3) is 7.72. The monoisotopic (exact) mass is 499 g/mol. The Balaban J connectivity index is 1.50. The van der Waals surface area contributed by atoms with Crippen LogP contribution < -0.4 is 21.1 Å². The van der Waals surface area contributed by atoms with E-state index in [0.717, 1.165) is 11.3 Å². The van der Waals surface area contributed by atoms with Crippen LogP contribution in [0.4, 0.5) is 23.3 Å². The number of carbonyl (C=O) groups is 2. The number of esters is 1. The first-order chi connectivity index (χ1) is 16.6. The van der Waals surface area contributed by atoms with Crippen LogP contribution in [-0.4, -0.2) is 41.8 Å². The molecule has 5 N–H and O–H groups in total. The van der Waals surface area contributed by atoms with Crippen molar-refractivity contribution in [1.29, 1.82) is 0 Å². The van der Waals surface area contributed by atoms with Gasteiger partial charge in [-0.3, -0.25) is 9.59 Å². The molecule has 3 aromatic rings. The minimum Gasteiger partial charge on any atom is -0.457 e. The van der Waals surface area contributed by atoms with Crippen LogP contribution >= 0.6 is 0 Å². The maximum Gasteiger partial charge on any atom is 0.307 e. The number of rotatable bonds is 10. The third-order valence-electron chi connectivity index (χ3n) is 4.56. The number of aromatic nitrogens is 3. The van der Waals surface area contributed by atoms with Gasteiger partial charge in [0.1, 0.15) is 0 Å². The van der Waals surface area contributed by atoms with Crippen molar-refractivity contribution in [3.05, 3.63) is 59.9 Å². The highest BCUT2D eigenvalue weighted by Crippen LogP contribution is 2.18. The number of aryl methyl sites for hydroxylation is 1. The molecule has 0 aliphatic carbocycles. The molecule has 0 saturated carbocycles. The maximum atomic E-state index is 12.4. The van der Waals surface area contributed by atoms with Crippen molar-refractivity contribution in [3.63, 3.8) is 0 Å². The number of anilines is 4. The third-order valence-corrected chi connectivity index (χ3v) is 6.04. The summed E-state index contributed by atoms with van der Waals surface area (Å²) in [5, 5.41) is 5.59. The van der Waals surface area contributed by atoms with Gasteiger partial charge in [-0.05, 0) is 42.8 Å². The van der Waals surface area contributed by atoms with Gasteiger partial charge in [0.2, 0.25) is 27.8 Å². The highest BCUT2D eigenvalue weighted by molar-refractivity contribution is 7.89. The van der Waals surface area contributed by atoms with Crippen molar-refractivity contribution < 1.29 is 22.7 Å². The lowest BCUT2D eigenvalue weighted by atomic mass is 10.2. The zero-order valence-corrected chi connectivity index (χ0v) is 19.9. The van der Waals surface area contributed by atoms with Crippen LogP contribution in [0, 0.1) is 6.92 Å². The van der Waals surface area contributed by atoms with Crippen LogP contribution in [0.15, 0.2) is 53.4 Å². The van der Waals surface area contributed by atoms with Gasteiger partial charge in [-0.2, -0.15) is 15.0 Å². The summed E-state index contributed by atoms with van der Waals surface area (Å²) in [5.41, 5.74) is 7.97. The first kappa shape index (κ1) is 25.5. The molecule has 0 bridgehead atoms. The molecule has 0 saturated heterocycles. The number of carbonyl (C=O) groups excluding carboxylic acids is 2. The zero-order chi connectivity index (χ0) is 25.4. The number of benzene rings is 2. The number of nitrogens with one attached hydrogen (secondary N) is 3. The largest absolute Gasteiger partial charge is 0.457 e. The molecule has 2 aromatic carbocycles. The highest BCUT2D eigenvalue weighted by atomic mass is 32.2. The van der Waals surface area contributed by atoms with Gasteiger partial charge in [0.25, 0.3) is 0 Å². The molecular formula is C22H25N7O5S. The fourth-order valence-electron chi connectivity index (χ4n) is 2.90. The molecule has 0 spiro atoms. The van der Waals surface area contributed by atoms with E-state index in [0.29, 0.717) is 5.69 Å². The van der Waals surface area contributed by atoms with Crippen LogP contribution in [0.3, 0.4) is 0 Å². The highest BCUT2D eigenvalue weighted by Gasteiger charge is 2.15. The molecule has 35 heavy (non-hydrogen) atoms. The number of para-hydroxylation sites is 1. The summed E-state index contributed by atoms with van der Waals surface area (Å²) in [6.07, 6.45) is -0.210. The number of nitrogens with two attached hydrogens (primary N) is 1. The quantitative estimate of drug-likeness (QED) is 0.301. The minimum absolute atomic E-state index is 0.00527. The molecule has 12 nitrogen and oxygen atoms in total. The van der Waals surface area contributed by atoms with Crippen LogP contribution in [-0.2, 0) is 31.0 Å². The van der Waals surface area contributed by atoms with Crippen molar-refractivity contribution in [2.24, 2.45) is 0 Å². The van der Waals surface area contributed by atoms with Gasteiger partial charge in [-0.15, -0.1) is 0 Å². The number of hydrogen-bond acceptors (Lipinski definition) is 10. The summed E-state index contributed by atoms with van der Waals surface area (Å²) in [7, 11) is -3.84. The van der Waals surface area contributed by atoms with E-state index < -0.39 is 16.0 Å². The van der Waals surface area contributed by atoms with E-state index in [1.54, 1.807) is 0 Å². The van der Waals surface area contributed by atoms with E-state index in [1.165, 1.54) is 31.2 Å². The number of amides is 1. The molecule has 0 aliphatic heterocycles. The Hall–Kier alpha value is -4.10. The van der Waals surface area contributed by atoms with E-state index in [9.17, 15) is 18.0 Å². The van der Waals surface area contributed by atoms with Gasteiger partial charge in [-0.25, -0.2) is 13.1 Å². The van der Waals surface area contributed by atoms with Crippen molar-refractivity contribution >= 4 is 45.2 Å². The summed E-state index contributed by atoms with van der Waals surface area (Å²) in [4.78, 5) is 35.3. The minimum atomic E-state index is -3.84. The number of sulfonamides is 1. The Morgan fingerprint density at radius 2 is 1.74 bits per heavy atom. The fourth-order valence-corrected chi connectivity index (χ4v) is 3.93. The lowest BCUT2D eigenvalue weighted by Gasteiger charge is -2.10. The standard InChI is InChI=1S/C22H25N7O5S/c1-14-5-3-4-6-18(14)26-22-28-19(27-21(23)29-22)13-34-20(31)11-12-24-35(32,33)17-9-7-16(8-10-17)25-15(2)30/h3-10,24H,11-13H2,1-2H3,(H,25,30)(H3,23,26,27,28,29). The molecule has 0 fully saturated rings. The first-order valence-corrected chi connectivity index (χ1v) is 12.0. The lowest BCUT2D eigenvalue weighted by molar-refractivity contribution is -0.145. The van der Waals surface area contributed by atoms with Crippen LogP contribution in [0.5, 0.6) is 0 Å². The van der Waals surface area contributed by atoms with Crippen molar-refractivity contribution in [2.45, 2.75) is 31.8 Å². The van der Waals surface area contributed by atoms with E-state index in [-0.39, 0.29) is 48.1 Å². The Bertz CT molecular complexity index is 1310. The smallest absolute Gasteiger partial charge is 0.307 e. The molecule has 1 amide bonds. The molecule has 0 unspecified atom stereocenters. The van der Waals surface area contributed by atoms with Gasteiger partial charge >= 0.3 is 5.97 Å². The molecule has 13 heteroatoms. The molecule has 0 aliphatic rings. The van der Waals surface area contributed by atoms with Gasteiger partial charge in [0.05, 0.1) is 11.3 Å². The second kappa shape index (κ2) is 11.4. The van der Waals surface area contributed by atoms with E-state index in [2.05, 4.69) is 30.3 Å². The molecule has 0 radical (unpaired) electrons. The summed E-state index contributed by atoms with van der Waals surface area (Å²) in [6, 6.07) is 13.2. The predicted octanol–water partition coefficient (Wildman–Crippen LogP) is 1.88. The normalized spacial score (nSPS) is 11.0. The molecule has 184 valence electrons. The maximum absolute atomic E-state index is 12.4. The number of ether oxygens (including phenoxy) is 1. The molecule has 1 heterocycles. The summed E-state index contributed by atoms with van der Waals surface area (Å²) >= 11 is 0. The van der Waals surface area contributed by atoms with Crippen LogP contribution in [0.25, 0.3) is 0 Å². The van der Waals surface area contributed by atoms with Gasteiger partial charge in [0.15, 0.2) is 12.4 Å². The van der Waals surface area contributed by atoms with E-state index >= 15 is 0 Å². The second-order valence-corrected chi connectivity index (χ2v) is 9.15. The van der Waals surface area contributed by atoms with Gasteiger partial charge < -0.3 is 21.1 Å². The summed E-state index contributed by atoms with van der Waals surface area (Å²) in [6.45, 7) is 2.84. The molecule has 0 atom stereocenters. The number of hydrogen-bond donors (Lipinski definition) is 4. The van der Waals surface area contributed by atoms with Gasteiger partial charge in [-0.1, -0.05) is 18.2 Å². The predicted molar refractivity (Wildman–Crippen MR) is 129 cm³/mol. The second-order valence-electron chi connectivity index (χ2n) is 7.39. The summed E-state index contributed by atoms with van der Waals surface area (Å²) < 4.78 is 32.2. The first-order valence-electron chi connectivity index (χ1n) is 10.5. The van der Waals surface area contributed by atoms with E-state index in [4.69, 9.17) is 10.5 Å². The molecule has 1 aromatic heterocycles. The Morgan fingerprint density at radius 1 is 1.03 bits per heavy atom. The SMILES string of the molecule is CC(=O)Nc1ccc(S(=O)(=O)NCCC(=O)OCc2nc(N)nc(Nc3ccccc3C)n2)cc1. The molecular weight excluding hydrogens is 474 g/mol. The van der Waals surface area contributed by atoms with Gasteiger partial charge in [0, 0.05) is 24.8 Å². The van der Waals surface area contributed by atoms with Crippen molar-refractivity contribution in [3.8, 4) is 0 Å². The topological polar surface area (TPSA) is 178 Å².